The molecule has 0 saturated carbocycles. The molecule has 0 unspecified atom stereocenters. The third-order valence-electron chi connectivity index (χ3n) is 3.76. The fraction of sp³-hybridized carbons (Fsp3) is 0.0526. The smallest absolute Gasteiger partial charge is 0.178 e. The van der Waals surface area contributed by atoms with Gasteiger partial charge in [-0.2, -0.15) is 0 Å². The Balaban J connectivity index is 1.79. The Morgan fingerprint density at radius 3 is 2.48 bits per heavy atom. The van der Waals surface area contributed by atoms with Gasteiger partial charge < -0.3 is 9.72 Å². The number of hydrogen-bond donors (Lipinski definition) is 1. The van der Waals surface area contributed by atoms with Crippen LogP contribution < -0.4 is 4.74 Å². The minimum Gasteiger partial charge on any atom is -0.497 e. The van der Waals surface area contributed by atoms with Gasteiger partial charge in [-0.1, -0.05) is 42.5 Å². The van der Waals surface area contributed by atoms with Crippen LogP contribution in [0.2, 0.25) is 0 Å². The third kappa shape index (κ3) is 2.55. The lowest BCUT2D eigenvalue weighted by molar-refractivity contribution is 0.415. The van der Waals surface area contributed by atoms with Crippen molar-refractivity contribution in [2.24, 2.45) is 0 Å². The zero-order valence-electron chi connectivity index (χ0n) is 12.7. The van der Waals surface area contributed by atoms with Gasteiger partial charge in [0.05, 0.1) is 18.3 Å². The lowest BCUT2D eigenvalue weighted by Gasteiger charge is -2.01. The highest BCUT2D eigenvalue weighted by Crippen LogP contribution is 2.25. The Kier molecular flexibility index (Phi) is 3.27. The first-order chi connectivity index (χ1) is 11.3. The molecule has 4 aromatic rings. The van der Waals surface area contributed by atoms with Crippen LogP contribution in [0.4, 0.5) is 0 Å². The molecule has 0 fully saturated rings. The van der Waals surface area contributed by atoms with Crippen LogP contribution in [0.25, 0.3) is 33.8 Å². The maximum atomic E-state index is 5.27. The Bertz CT molecular complexity index is 961. The molecule has 4 nitrogen and oxygen atoms in total. The Morgan fingerprint density at radius 1 is 0.826 bits per heavy atom. The number of nitrogens with zero attached hydrogens (tertiary/aromatic N) is 2. The number of pyridine rings is 1. The molecule has 0 aliphatic carbocycles. The van der Waals surface area contributed by atoms with Gasteiger partial charge in [0, 0.05) is 11.1 Å². The first kappa shape index (κ1) is 13.5. The van der Waals surface area contributed by atoms with Gasteiger partial charge in [0.2, 0.25) is 0 Å². The summed E-state index contributed by atoms with van der Waals surface area (Å²) in [7, 11) is 1.66. The molecule has 0 aliphatic heterocycles. The molecule has 0 radical (unpaired) electrons. The van der Waals surface area contributed by atoms with Crippen LogP contribution in [-0.4, -0.2) is 22.1 Å². The topological polar surface area (TPSA) is 50.8 Å². The SMILES string of the molecule is COc1cccc(-c2nc3nc(-c4ccccc4)ccc3[nH]2)c1. The van der Waals surface area contributed by atoms with Crippen molar-refractivity contribution in [3.63, 3.8) is 0 Å². The summed E-state index contributed by atoms with van der Waals surface area (Å²) in [6.07, 6.45) is 0. The second kappa shape index (κ2) is 5.57. The van der Waals surface area contributed by atoms with E-state index >= 15 is 0 Å². The quantitative estimate of drug-likeness (QED) is 0.614. The Morgan fingerprint density at radius 2 is 1.65 bits per heavy atom. The summed E-state index contributed by atoms with van der Waals surface area (Å²) in [5.74, 6) is 1.59. The Labute approximate surface area is 133 Å². The van der Waals surface area contributed by atoms with E-state index in [1.54, 1.807) is 7.11 Å². The normalized spacial score (nSPS) is 10.8. The summed E-state index contributed by atoms with van der Waals surface area (Å²) < 4.78 is 5.27. The minimum absolute atomic E-state index is 0.712. The summed E-state index contributed by atoms with van der Waals surface area (Å²) in [5, 5.41) is 0. The highest BCUT2D eigenvalue weighted by Gasteiger charge is 2.08. The number of hydrogen-bond acceptors (Lipinski definition) is 3. The zero-order chi connectivity index (χ0) is 15.6. The van der Waals surface area contributed by atoms with Gasteiger partial charge in [0.1, 0.15) is 11.6 Å². The lowest BCUT2D eigenvalue weighted by Crippen LogP contribution is -1.85. The van der Waals surface area contributed by atoms with Crippen molar-refractivity contribution in [3.8, 4) is 28.4 Å². The van der Waals surface area contributed by atoms with E-state index in [1.165, 1.54) is 0 Å². The number of benzene rings is 2. The standard InChI is InChI=1S/C19H15N3O/c1-23-15-9-5-8-14(12-15)18-21-17-11-10-16(20-19(17)22-18)13-6-3-2-4-7-13/h2-12H,1H3,(H,20,21,22). The molecule has 1 N–H and O–H groups in total. The van der Waals surface area contributed by atoms with Gasteiger partial charge in [-0.15, -0.1) is 0 Å². The minimum atomic E-state index is 0.712. The zero-order valence-corrected chi connectivity index (χ0v) is 12.7. The number of H-pyrrole nitrogens is 1. The Hall–Kier alpha value is -3.14. The molecule has 4 rings (SSSR count). The first-order valence-corrected chi connectivity index (χ1v) is 7.40. The van der Waals surface area contributed by atoms with Crippen LogP contribution in [-0.2, 0) is 0 Å². The molecule has 0 amide bonds. The van der Waals surface area contributed by atoms with Crippen molar-refractivity contribution in [1.82, 2.24) is 15.0 Å². The second-order valence-electron chi connectivity index (χ2n) is 5.25. The number of aromatic nitrogens is 3. The molecule has 2 aromatic carbocycles. The number of nitrogens with one attached hydrogen (secondary N) is 1. The summed E-state index contributed by atoms with van der Waals surface area (Å²) in [5.41, 5.74) is 4.61. The van der Waals surface area contributed by atoms with E-state index in [-0.39, 0.29) is 0 Å². The number of methoxy groups -OCH3 is 1. The molecule has 112 valence electrons. The fourth-order valence-electron chi connectivity index (χ4n) is 2.57. The second-order valence-corrected chi connectivity index (χ2v) is 5.25. The molecule has 0 atom stereocenters. The van der Waals surface area contributed by atoms with Crippen LogP contribution in [0.15, 0.2) is 66.7 Å². The average molecular weight is 301 g/mol. The lowest BCUT2D eigenvalue weighted by atomic mass is 10.1. The summed E-state index contributed by atoms with van der Waals surface area (Å²) in [6.45, 7) is 0. The predicted octanol–water partition coefficient (Wildman–Crippen LogP) is 4.30. The summed E-state index contributed by atoms with van der Waals surface area (Å²) in [6, 6.07) is 21.9. The number of fused-ring (bicyclic) bond motifs is 1. The van der Waals surface area contributed by atoms with Gasteiger partial charge in [0.15, 0.2) is 5.65 Å². The maximum Gasteiger partial charge on any atom is 0.178 e. The van der Waals surface area contributed by atoms with Gasteiger partial charge >= 0.3 is 0 Å². The van der Waals surface area contributed by atoms with Gasteiger partial charge in [-0.05, 0) is 24.3 Å². The van der Waals surface area contributed by atoms with E-state index < -0.39 is 0 Å². The van der Waals surface area contributed by atoms with Crippen molar-refractivity contribution in [1.29, 1.82) is 0 Å². The maximum absolute atomic E-state index is 5.27. The van der Waals surface area contributed by atoms with Crippen LogP contribution in [0.5, 0.6) is 5.75 Å². The number of ether oxygens (including phenoxy) is 1. The van der Waals surface area contributed by atoms with Crippen LogP contribution in [0.1, 0.15) is 0 Å². The number of imidazole rings is 1. The van der Waals surface area contributed by atoms with Crippen LogP contribution >= 0.6 is 0 Å². The largest absolute Gasteiger partial charge is 0.497 e. The molecule has 0 spiro atoms. The van der Waals surface area contributed by atoms with Crippen molar-refractivity contribution in [2.75, 3.05) is 7.11 Å². The van der Waals surface area contributed by atoms with Crippen LogP contribution in [0, 0.1) is 0 Å². The number of aromatic amines is 1. The molecule has 0 saturated heterocycles. The van der Waals surface area contributed by atoms with Crippen molar-refractivity contribution in [2.45, 2.75) is 0 Å². The van der Waals surface area contributed by atoms with E-state index in [4.69, 9.17) is 4.74 Å². The van der Waals surface area contributed by atoms with Gasteiger partial charge in [0.25, 0.3) is 0 Å². The van der Waals surface area contributed by atoms with Crippen LogP contribution in [0.3, 0.4) is 0 Å². The highest BCUT2D eigenvalue weighted by atomic mass is 16.5. The first-order valence-electron chi connectivity index (χ1n) is 7.40. The van der Waals surface area contributed by atoms with E-state index in [0.717, 1.165) is 33.9 Å². The van der Waals surface area contributed by atoms with E-state index in [9.17, 15) is 0 Å². The molecular formula is C19H15N3O. The summed E-state index contributed by atoms with van der Waals surface area (Å²) >= 11 is 0. The van der Waals surface area contributed by atoms with Crippen molar-refractivity contribution < 1.29 is 4.74 Å². The molecule has 0 aliphatic rings. The van der Waals surface area contributed by atoms with E-state index in [0.29, 0.717) is 5.65 Å². The van der Waals surface area contributed by atoms with Crippen molar-refractivity contribution >= 4 is 11.2 Å². The molecule has 23 heavy (non-hydrogen) atoms. The number of rotatable bonds is 3. The predicted molar refractivity (Wildman–Crippen MR) is 91.3 cm³/mol. The average Bonchev–Trinajstić information content (AvgIpc) is 3.06. The van der Waals surface area contributed by atoms with Crippen molar-refractivity contribution in [3.05, 3.63) is 66.7 Å². The fourth-order valence-corrected chi connectivity index (χ4v) is 2.57. The molecule has 2 aromatic heterocycles. The monoisotopic (exact) mass is 301 g/mol. The van der Waals surface area contributed by atoms with E-state index in [1.807, 2.05) is 66.7 Å². The van der Waals surface area contributed by atoms with E-state index in [2.05, 4.69) is 15.0 Å². The molecule has 4 heteroatoms. The molecule has 0 bridgehead atoms. The summed E-state index contributed by atoms with van der Waals surface area (Å²) in [4.78, 5) is 12.6. The third-order valence-corrected chi connectivity index (χ3v) is 3.76. The van der Waals surface area contributed by atoms with Gasteiger partial charge in [-0.3, -0.25) is 0 Å². The molecule has 2 heterocycles. The highest BCUT2D eigenvalue weighted by molar-refractivity contribution is 5.79. The molecular weight excluding hydrogens is 286 g/mol. The van der Waals surface area contributed by atoms with Gasteiger partial charge in [-0.25, -0.2) is 9.97 Å².